The molecule has 0 aliphatic carbocycles. The molecule has 0 spiro atoms. The first-order valence-electron chi connectivity index (χ1n) is 28.1. The summed E-state index contributed by atoms with van der Waals surface area (Å²) in [6, 6.07) is -0.925. The number of unbranched alkanes of at least 4 members (excludes halogenated alkanes) is 23. The smallest absolute Gasteiger partial charge is 0.268 e. The van der Waals surface area contributed by atoms with Crippen LogP contribution in [0.1, 0.15) is 226 Å². The van der Waals surface area contributed by atoms with Crippen LogP contribution in [-0.4, -0.2) is 68.5 Å². The molecule has 1 amide bonds. The Balaban J connectivity index is 4.37. The minimum absolute atomic E-state index is 0.0170. The fourth-order valence-corrected chi connectivity index (χ4v) is 8.37. The number of allylic oxidation sites excluding steroid dienone is 15. The molecular weight excluding hydrogens is 876 g/mol. The average molecular weight is 983 g/mol. The van der Waals surface area contributed by atoms with E-state index in [4.69, 9.17) is 9.05 Å². The highest BCUT2D eigenvalue weighted by atomic mass is 31.2. The van der Waals surface area contributed by atoms with E-state index in [2.05, 4.69) is 104 Å². The van der Waals surface area contributed by atoms with E-state index in [1.807, 2.05) is 27.2 Å². The van der Waals surface area contributed by atoms with Gasteiger partial charge in [0.2, 0.25) is 5.91 Å². The Bertz CT molecular complexity index is 1440. The highest BCUT2D eigenvalue weighted by Crippen LogP contribution is 2.38. The second-order valence-electron chi connectivity index (χ2n) is 19.9. The Morgan fingerprint density at radius 1 is 0.522 bits per heavy atom. The lowest BCUT2D eigenvalue weighted by atomic mass is 10.0. The van der Waals surface area contributed by atoms with E-state index in [9.17, 15) is 19.4 Å². The second kappa shape index (κ2) is 50.4. The van der Waals surface area contributed by atoms with Crippen molar-refractivity contribution in [2.24, 2.45) is 0 Å². The van der Waals surface area contributed by atoms with Crippen LogP contribution in [0, 0.1) is 0 Å². The fraction of sp³-hybridized carbons (Fsp3) is 0.717. The first-order valence-corrected chi connectivity index (χ1v) is 29.6. The van der Waals surface area contributed by atoms with E-state index in [0.29, 0.717) is 17.4 Å². The van der Waals surface area contributed by atoms with E-state index in [1.165, 1.54) is 116 Å². The van der Waals surface area contributed by atoms with Gasteiger partial charge in [0.1, 0.15) is 13.2 Å². The highest BCUT2D eigenvalue weighted by Gasteiger charge is 2.23. The van der Waals surface area contributed by atoms with Crippen molar-refractivity contribution < 1.29 is 32.9 Å². The molecule has 0 radical (unpaired) electrons. The SMILES string of the molecule is CC/C=C\C/C=C\C/C=C\C/C=C\C/C=C\C/C=C\CCCCCCC(=O)NC(COP(=O)([O-])OCC[N+](C)(C)C)C(O)/C=C/CC/C=C/CCCCCCCCCCCCCCCCCCCC. The van der Waals surface area contributed by atoms with E-state index in [0.717, 1.165) is 89.9 Å². The van der Waals surface area contributed by atoms with E-state index >= 15 is 0 Å². The maximum absolute atomic E-state index is 12.9. The second-order valence-corrected chi connectivity index (χ2v) is 21.3. The third-order valence-electron chi connectivity index (χ3n) is 12.0. The minimum Gasteiger partial charge on any atom is -0.756 e. The summed E-state index contributed by atoms with van der Waals surface area (Å²) in [7, 11) is 1.21. The zero-order chi connectivity index (χ0) is 50.6. The maximum atomic E-state index is 12.9. The quantitative estimate of drug-likeness (QED) is 0.0272. The zero-order valence-corrected chi connectivity index (χ0v) is 46.1. The molecule has 0 aliphatic heterocycles. The molecule has 398 valence electrons. The highest BCUT2D eigenvalue weighted by molar-refractivity contribution is 7.45. The van der Waals surface area contributed by atoms with Gasteiger partial charge in [-0.1, -0.05) is 233 Å². The van der Waals surface area contributed by atoms with Crippen molar-refractivity contribution in [1.82, 2.24) is 5.32 Å². The molecule has 0 aromatic rings. The molecule has 0 rings (SSSR count). The average Bonchev–Trinajstić information content (AvgIpc) is 3.31. The van der Waals surface area contributed by atoms with Crippen LogP contribution >= 0.6 is 7.82 Å². The Labute approximate surface area is 426 Å². The Kier molecular flexibility index (Phi) is 48.5. The first-order chi connectivity index (χ1) is 33.5. The lowest BCUT2D eigenvalue weighted by molar-refractivity contribution is -0.870. The van der Waals surface area contributed by atoms with Gasteiger partial charge in [-0.2, -0.15) is 0 Å². The van der Waals surface area contributed by atoms with Crippen LogP contribution in [0.25, 0.3) is 0 Å². The monoisotopic (exact) mass is 983 g/mol. The summed E-state index contributed by atoms with van der Waals surface area (Å²) in [6.07, 6.45) is 72.0. The van der Waals surface area contributed by atoms with Crippen molar-refractivity contribution in [2.45, 2.75) is 238 Å². The molecule has 0 saturated heterocycles. The van der Waals surface area contributed by atoms with Gasteiger partial charge in [-0.05, 0) is 83.5 Å². The number of phosphoric ester groups is 1. The zero-order valence-electron chi connectivity index (χ0n) is 45.2. The van der Waals surface area contributed by atoms with E-state index < -0.39 is 26.6 Å². The third-order valence-corrected chi connectivity index (χ3v) is 13.0. The molecule has 3 unspecified atom stereocenters. The number of nitrogens with zero attached hydrogens (tertiary/aromatic N) is 1. The fourth-order valence-electron chi connectivity index (χ4n) is 7.64. The van der Waals surface area contributed by atoms with E-state index in [-0.39, 0.29) is 12.5 Å². The molecule has 69 heavy (non-hydrogen) atoms. The molecule has 0 heterocycles. The van der Waals surface area contributed by atoms with Gasteiger partial charge in [0, 0.05) is 6.42 Å². The lowest BCUT2D eigenvalue weighted by Crippen LogP contribution is -2.45. The summed E-state index contributed by atoms with van der Waals surface area (Å²) < 4.78 is 23.3. The molecule has 0 aliphatic rings. The van der Waals surface area contributed by atoms with Gasteiger partial charge in [-0.3, -0.25) is 9.36 Å². The molecule has 0 aromatic heterocycles. The van der Waals surface area contributed by atoms with Crippen LogP contribution in [0.4, 0.5) is 0 Å². The molecule has 3 atom stereocenters. The molecule has 0 bridgehead atoms. The van der Waals surface area contributed by atoms with Crippen LogP contribution in [-0.2, 0) is 18.4 Å². The Morgan fingerprint density at radius 3 is 1.35 bits per heavy atom. The predicted octanol–water partition coefficient (Wildman–Crippen LogP) is 16.4. The van der Waals surface area contributed by atoms with Crippen molar-refractivity contribution in [2.75, 3.05) is 40.9 Å². The van der Waals surface area contributed by atoms with Gasteiger partial charge in [-0.15, -0.1) is 0 Å². The summed E-state index contributed by atoms with van der Waals surface area (Å²) >= 11 is 0. The Morgan fingerprint density at radius 2 is 0.899 bits per heavy atom. The van der Waals surface area contributed by atoms with Gasteiger partial charge in [0.25, 0.3) is 7.82 Å². The number of phosphoric acid groups is 1. The molecule has 9 heteroatoms. The summed E-state index contributed by atoms with van der Waals surface area (Å²) in [5.41, 5.74) is 0. The van der Waals surface area contributed by atoms with Gasteiger partial charge >= 0.3 is 0 Å². The molecule has 2 N–H and O–H groups in total. The van der Waals surface area contributed by atoms with Crippen LogP contribution in [0.2, 0.25) is 0 Å². The predicted molar refractivity (Wildman–Crippen MR) is 297 cm³/mol. The molecule has 8 nitrogen and oxygen atoms in total. The number of quaternary nitrogens is 1. The third kappa shape index (κ3) is 53.1. The van der Waals surface area contributed by atoms with Crippen molar-refractivity contribution in [3.63, 3.8) is 0 Å². The van der Waals surface area contributed by atoms with E-state index in [1.54, 1.807) is 6.08 Å². The number of aliphatic hydroxyl groups excluding tert-OH is 1. The van der Waals surface area contributed by atoms with Crippen molar-refractivity contribution in [3.8, 4) is 0 Å². The van der Waals surface area contributed by atoms with Gasteiger partial charge < -0.3 is 28.8 Å². The minimum atomic E-state index is -4.62. The number of hydrogen-bond acceptors (Lipinski definition) is 6. The summed E-state index contributed by atoms with van der Waals surface area (Å²) in [5.74, 6) is -0.234. The molecular formula is C60H107N2O6P. The Hall–Kier alpha value is -2.58. The number of carbonyl (C=O) groups excluding carboxylic acids is 1. The number of hydrogen-bond donors (Lipinski definition) is 2. The molecule has 0 saturated carbocycles. The largest absolute Gasteiger partial charge is 0.756 e. The van der Waals surface area contributed by atoms with Gasteiger partial charge in [0.05, 0.1) is 39.9 Å². The van der Waals surface area contributed by atoms with Crippen molar-refractivity contribution in [3.05, 3.63) is 97.2 Å². The topological polar surface area (TPSA) is 108 Å². The van der Waals surface area contributed by atoms with Gasteiger partial charge in [0.15, 0.2) is 0 Å². The van der Waals surface area contributed by atoms with Crippen LogP contribution in [0.5, 0.6) is 0 Å². The summed E-state index contributed by atoms with van der Waals surface area (Å²) in [5, 5.41) is 13.8. The number of amides is 1. The van der Waals surface area contributed by atoms with Crippen molar-refractivity contribution >= 4 is 13.7 Å². The molecule has 0 aromatic carbocycles. The van der Waals surface area contributed by atoms with Gasteiger partial charge in [-0.25, -0.2) is 0 Å². The number of aliphatic hydroxyl groups is 1. The van der Waals surface area contributed by atoms with Crippen LogP contribution in [0.3, 0.4) is 0 Å². The number of nitrogens with one attached hydrogen (secondary N) is 1. The maximum Gasteiger partial charge on any atom is 0.268 e. The van der Waals surface area contributed by atoms with Crippen LogP contribution in [0.15, 0.2) is 97.2 Å². The number of rotatable bonds is 50. The summed E-state index contributed by atoms with van der Waals surface area (Å²) in [6.45, 7) is 4.50. The van der Waals surface area contributed by atoms with Crippen molar-refractivity contribution in [1.29, 1.82) is 0 Å². The lowest BCUT2D eigenvalue weighted by Gasteiger charge is -2.29. The number of likely N-dealkylation sites (N-methyl/N-ethyl adjacent to an activating group) is 1. The standard InChI is InChI=1S/C60H107N2O6P/c1-6-8-10-12-14-16-18-20-22-24-26-28-30-32-33-35-37-39-41-43-45-47-49-51-53-59(63)58(57-68-69(65,66)67-56-55-62(3,4)5)61-60(64)54-52-50-48-46-44-42-40-38-36-34-31-29-27-25-23-21-19-17-15-13-11-9-7-2/h9,11,15,17,21,23,27,29,34,36,40,42-43,45,51,53,58-59,63H,6-8,10,12-14,16,18-20,22,24-26,28,30-33,35,37-39,41,44,46-50,52,54-57H2,1-5H3,(H-,61,64,65,66)/b11-9-,17-15-,23-21-,29-27-,36-34-,42-40-,45-43+,53-51+. The molecule has 0 fully saturated rings. The first kappa shape index (κ1) is 66.4. The number of carbonyl (C=O) groups is 1. The summed E-state index contributed by atoms with van der Waals surface area (Å²) in [4.78, 5) is 25.5. The van der Waals surface area contributed by atoms with Crippen LogP contribution < -0.4 is 10.2 Å². The normalized spacial score (nSPS) is 14.7.